The van der Waals surface area contributed by atoms with Crippen LogP contribution in [-0.2, 0) is 4.74 Å². The Morgan fingerprint density at radius 2 is 2.08 bits per heavy atom. The first-order chi connectivity index (χ1) is 18.0. The largest absolute Gasteiger partial charge is 0.488 e. The monoisotopic (exact) mass is 499 g/mol. The second-order valence-corrected chi connectivity index (χ2v) is 8.94. The zero-order valence-electron chi connectivity index (χ0n) is 20.6. The molecule has 1 atom stereocenters. The lowest BCUT2D eigenvalue weighted by Gasteiger charge is -2.20. The van der Waals surface area contributed by atoms with Gasteiger partial charge in [0.15, 0.2) is 11.6 Å². The molecule has 0 saturated carbocycles. The van der Waals surface area contributed by atoms with Crippen molar-refractivity contribution in [2.75, 3.05) is 26.9 Å². The number of pyridine rings is 1. The fourth-order valence-electron chi connectivity index (χ4n) is 4.59. The van der Waals surface area contributed by atoms with Crippen LogP contribution in [0.5, 0.6) is 5.75 Å². The number of nitriles is 1. The summed E-state index contributed by atoms with van der Waals surface area (Å²) in [5, 5.41) is 13.4. The first kappa shape index (κ1) is 24.6. The molecule has 1 N–H and O–H groups in total. The number of hydrogen-bond acceptors (Lipinski definition) is 7. The summed E-state index contributed by atoms with van der Waals surface area (Å²) >= 11 is 0. The molecule has 9 heteroatoms. The number of fused-ring (bicyclic) bond motifs is 1. The Labute approximate surface area is 213 Å². The zero-order chi connectivity index (χ0) is 25.9. The quantitative estimate of drug-likeness (QED) is 0.380. The molecule has 0 aliphatic carbocycles. The molecular weight excluding hydrogens is 473 g/mol. The van der Waals surface area contributed by atoms with Gasteiger partial charge in [0.1, 0.15) is 12.4 Å². The van der Waals surface area contributed by atoms with Crippen LogP contribution >= 0.6 is 0 Å². The van der Waals surface area contributed by atoms with Crippen molar-refractivity contribution in [1.82, 2.24) is 19.9 Å². The van der Waals surface area contributed by atoms with Crippen LogP contribution in [0.15, 0.2) is 53.5 Å². The summed E-state index contributed by atoms with van der Waals surface area (Å²) < 4.78 is 26.8. The second kappa shape index (κ2) is 10.5. The van der Waals surface area contributed by atoms with E-state index in [0.717, 1.165) is 30.6 Å². The van der Waals surface area contributed by atoms with E-state index in [4.69, 9.17) is 14.5 Å². The van der Waals surface area contributed by atoms with Crippen molar-refractivity contribution in [3.05, 3.63) is 81.9 Å². The van der Waals surface area contributed by atoms with Gasteiger partial charge in [0.25, 0.3) is 5.56 Å². The lowest BCUT2D eigenvalue weighted by Crippen LogP contribution is -2.29. The van der Waals surface area contributed by atoms with Crippen molar-refractivity contribution in [1.29, 1.82) is 5.26 Å². The van der Waals surface area contributed by atoms with Crippen LogP contribution in [0.25, 0.3) is 27.7 Å². The summed E-state index contributed by atoms with van der Waals surface area (Å²) in [6.07, 6.45) is 3.43. The molecular formula is C28H26FN5O3. The molecule has 1 aliphatic rings. The van der Waals surface area contributed by atoms with E-state index in [2.05, 4.69) is 16.4 Å². The van der Waals surface area contributed by atoms with Crippen LogP contribution < -0.4 is 15.6 Å². The zero-order valence-corrected chi connectivity index (χ0v) is 20.6. The van der Waals surface area contributed by atoms with Gasteiger partial charge in [0, 0.05) is 36.2 Å². The Morgan fingerprint density at radius 3 is 2.76 bits per heavy atom. The number of hydrogen-bond donors (Lipinski definition) is 1. The van der Waals surface area contributed by atoms with Crippen LogP contribution in [0.2, 0.25) is 0 Å². The predicted molar refractivity (Wildman–Crippen MR) is 137 cm³/mol. The molecule has 1 fully saturated rings. The van der Waals surface area contributed by atoms with Gasteiger partial charge < -0.3 is 14.8 Å². The number of benzene rings is 2. The fraction of sp³-hybridized carbons (Fsp3) is 0.286. The molecule has 1 unspecified atom stereocenters. The molecule has 188 valence electrons. The molecule has 2 aromatic heterocycles. The van der Waals surface area contributed by atoms with E-state index in [1.54, 1.807) is 25.4 Å². The van der Waals surface area contributed by atoms with Crippen LogP contribution in [-0.4, -0.2) is 41.4 Å². The molecule has 1 saturated heterocycles. The molecule has 4 aromatic rings. The normalized spacial score (nSPS) is 15.1. The Hall–Kier alpha value is -4.13. The maximum atomic E-state index is 15.0. The summed E-state index contributed by atoms with van der Waals surface area (Å²) in [4.78, 5) is 23.4. The Bertz CT molecular complexity index is 1550. The first-order valence-corrected chi connectivity index (χ1v) is 12.1. The number of rotatable bonds is 7. The van der Waals surface area contributed by atoms with Gasteiger partial charge in [0.05, 0.1) is 40.9 Å². The summed E-state index contributed by atoms with van der Waals surface area (Å²) in [5.41, 5.74) is 3.03. The third-order valence-electron chi connectivity index (χ3n) is 6.44. The highest BCUT2D eigenvalue weighted by molar-refractivity contribution is 5.94. The average Bonchev–Trinajstić information content (AvgIpc) is 3.45. The van der Waals surface area contributed by atoms with Crippen molar-refractivity contribution >= 4 is 10.9 Å². The van der Waals surface area contributed by atoms with Crippen LogP contribution in [0.4, 0.5) is 4.39 Å². The standard InChI is InChI=1S/C28H26FN5O3/c1-17-5-6-19(16-32-17)21-12-18(15-30)13-22-26(21)33-27(24-4-3-9-31-24)34(28(22)35)20-7-8-25(23(29)14-20)37-11-10-36-2/h5-8,12-14,16,24,31H,3-4,9-11H2,1-2H3. The number of nitrogens with zero attached hydrogens (tertiary/aromatic N) is 4. The maximum Gasteiger partial charge on any atom is 0.266 e. The summed E-state index contributed by atoms with van der Waals surface area (Å²) in [6, 6.07) is 13.4. The van der Waals surface area contributed by atoms with Gasteiger partial charge >= 0.3 is 0 Å². The van der Waals surface area contributed by atoms with Crippen molar-refractivity contribution in [2.45, 2.75) is 25.8 Å². The van der Waals surface area contributed by atoms with Gasteiger partial charge in [-0.3, -0.25) is 14.3 Å². The van der Waals surface area contributed by atoms with Crippen LogP contribution in [0.3, 0.4) is 0 Å². The highest BCUT2D eigenvalue weighted by atomic mass is 19.1. The highest BCUT2D eigenvalue weighted by Gasteiger charge is 2.26. The number of ether oxygens (including phenoxy) is 2. The van der Waals surface area contributed by atoms with E-state index in [0.29, 0.717) is 34.8 Å². The lowest BCUT2D eigenvalue weighted by molar-refractivity contribution is 0.144. The molecule has 5 rings (SSSR count). The number of methoxy groups -OCH3 is 1. The number of nitrogens with one attached hydrogen (secondary N) is 1. The Kier molecular flexibility index (Phi) is 6.95. The third-order valence-corrected chi connectivity index (χ3v) is 6.44. The molecule has 8 nitrogen and oxygen atoms in total. The molecule has 3 heterocycles. The van der Waals surface area contributed by atoms with Gasteiger partial charge in [-0.2, -0.15) is 5.26 Å². The van der Waals surface area contributed by atoms with E-state index in [1.165, 1.54) is 22.8 Å². The number of aryl methyl sites for hydroxylation is 1. The maximum absolute atomic E-state index is 15.0. The van der Waals surface area contributed by atoms with E-state index < -0.39 is 5.82 Å². The molecule has 2 aromatic carbocycles. The predicted octanol–water partition coefficient (Wildman–Crippen LogP) is 4.22. The smallest absolute Gasteiger partial charge is 0.266 e. The number of halogens is 1. The average molecular weight is 500 g/mol. The number of aromatic nitrogens is 3. The van der Waals surface area contributed by atoms with Crippen molar-refractivity contribution in [2.24, 2.45) is 0 Å². The molecule has 37 heavy (non-hydrogen) atoms. The van der Waals surface area contributed by atoms with Gasteiger partial charge in [-0.05, 0) is 56.6 Å². The van der Waals surface area contributed by atoms with Crippen LogP contribution in [0, 0.1) is 24.1 Å². The van der Waals surface area contributed by atoms with Crippen molar-refractivity contribution in [3.63, 3.8) is 0 Å². The highest BCUT2D eigenvalue weighted by Crippen LogP contribution is 2.31. The lowest BCUT2D eigenvalue weighted by atomic mass is 10.00. The van der Waals surface area contributed by atoms with Gasteiger partial charge in [0.2, 0.25) is 0 Å². The third kappa shape index (κ3) is 4.81. The Balaban J connectivity index is 1.74. The summed E-state index contributed by atoms with van der Waals surface area (Å²) in [5.74, 6) is -0.0272. The topological polar surface area (TPSA) is 102 Å². The van der Waals surface area contributed by atoms with Gasteiger partial charge in [-0.25, -0.2) is 9.37 Å². The minimum atomic E-state index is -0.594. The SMILES string of the molecule is COCCOc1ccc(-n2c(C3CCCN3)nc3c(-c4ccc(C)nc4)cc(C#N)cc3c2=O)cc1F. The summed E-state index contributed by atoms with van der Waals surface area (Å²) in [6.45, 7) is 3.21. The van der Waals surface area contributed by atoms with Crippen LogP contribution in [0.1, 0.15) is 36.0 Å². The first-order valence-electron chi connectivity index (χ1n) is 12.1. The second-order valence-electron chi connectivity index (χ2n) is 8.94. The van der Waals surface area contributed by atoms with E-state index >= 15 is 0 Å². The van der Waals surface area contributed by atoms with E-state index in [1.807, 2.05) is 19.1 Å². The fourth-order valence-corrected chi connectivity index (χ4v) is 4.59. The molecule has 0 bridgehead atoms. The van der Waals surface area contributed by atoms with Crippen molar-refractivity contribution in [3.8, 4) is 28.6 Å². The minimum absolute atomic E-state index is 0.0732. The molecule has 0 amide bonds. The van der Waals surface area contributed by atoms with E-state index in [-0.39, 0.29) is 29.3 Å². The van der Waals surface area contributed by atoms with Gasteiger partial charge in [-0.1, -0.05) is 6.07 Å². The van der Waals surface area contributed by atoms with Crippen molar-refractivity contribution < 1.29 is 13.9 Å². The minimum Gasteiger partial charge on any atom is -0.488 e. The van der Waals surface area contributed by atoms with Gasteiger partial charge in [-0.15, -0.1) is 0 Å². The summed E-state index contributed by atoms with van der Waals surface area (Å²) in [7, 11) is 1.54. The molecule has 0 spiro atoms. The van der Waals surface area contributed by atoms with E-state index in [9.17, 15) is 14.4 Å². The Morgan fingerprint density at radius 1 is 1.22 bits per heavy atom. The molecule has 1 aliphatic heterocycles. The molecule has 0 radical (unpaired) electrons.